The van der Waals surface area contributed by atoms with E-state index < -0.39 is 5.91 Å². The monoisotopic (exact) mass is 389 g/mol. The minimum atomic E-state index is -0.584. The molecule has 4 aromatic rings. The maximum absolute atomic E-state index is 11.2. The van der Waals surface area contributed by atoms with Crippen molar-refractivity contribution in [1.82, 2.24) is 15.0 Å². The van der Waals surface area contributed by atoms with Crippen LogP contribution in [0.5, 0.6) is 0 Å². The van der Waals surface area contributed by atoms with E-state index in [2.05, 4.69) is 4.57 Å². The molecule has 1 amide bonds. The molecule has 0 saturated heterocycles. The van der Waals surface area contributed by atoms with Gasteiger partial charge in [-0.25, -0.2) is 10.5 Å². The summed E-state index contributed by atoms with van der Waals surface area (Å²) >= 11 is 6.06. The number of imidazole rings is 1. The molecular formula is C22H16ClN3O2. The van der Waals surface area contributed by atoms with Crippen molar-refractivity contribution in [1.29, 1.82) is 0 Å². The second-order valence-electron chi connectivity index (χ2n) is 6.17. The van der Waals surface area contributed by atoms with Crippen LogP contribution in [-0.2, 0) is 4.79 Å². The molecule has 0 spiro atoms. The van der Waals surface area contributed by atoms with Crippen molar-refractivity contribution >= 4 is 34.6 Å². The Morgan fingerprint density at radius 3 is 2.61 bits per heavy atom. The van der Waals surface area contributed by atoms with E-state index in [9.17, 15) is 4.79 Å². The number of hydroxylamine groups is 1. The van der Waals surface area contributed by atoms with E-state index in [4.69, 9.17) is 21.8 Å². The van der Waals surface area contributed by atoms with Gasteiger partial charge in [0.2, 0.25) is 0 Å². The van der Waals surface area contributed by atoms with Gasteiger partial charge in [0.1, 0.15) is 5.82 Å². The number of aromatic nitrogens is 2. The highest BCUT2D eigenvalue weighted by Gasteiger charge is 2.14. The van der Waals surface area contributed by atoms with Gasteiger partial charge >= 0.3 is 0 Å². The van der Waals surface area contributed by atoms with Gasteiger partial charge in [-0.05, 0) is 54.1 Å². The van der Waals surface area contributed by atoms with Gasteiger partial charge in [0.05, 0.1) is 11.0 Å². The summed E-state index contributed by atoms with van der Waals surface area (Å²) in [6, 6.07) is 23.2. The number of halogens is 1. The number of hydrogen-bond acceptors (Lipinski definition) is 3. The number of para-hydroxylation sites is 2. The summed E-state index contributed by atoms with van der Waals surface area (Å²) in [7, 11) is 0. The smallest absolute Gasteiger partial charge is 0.267 e. The molecule has 1 heterocycles. The maximum Gasteiger partial charge on any atom is 0.267 e. The molecular weight excluding hydrogens is 374 g/mol. The fourth-order valence-corrected chi connectivity index (χ4v) is 3.19. The number of nitrogens with one attached hydrogen (secondary N) is 1. The molecule has 0 saturated carbocycles. The van der Waals surface area contributed by atoms with Gasteiger partial charge in [-0.1, -0.05) is 41.9 Å². The third kappa shape index (κ3) is 3.53. The largest absolute Gasteiger partial charge is 0.292 e. The quantitative estimate of drug-likeness (QED) is 0.297. The average molecular weight is 390 g/mol. The summed E-state index contributed by atoms with van der Waals surface area (Å²) in [5.41, 5.74) is 6.12. The Balaban J connectivity index is 1.87. The lowest BCUT2D eigenvalue weighted by Gasteiger charge is -2.10. The number of hydrogen-bond donors (Lipinski definition) is 2. The summed E-state index contributed by atoms with van der Waals surface area (Å²) in [4.78, 5) is 16.1. The Bertz CT molecular complexity index is 1180. The van der Waals surface area contributed by atoms with Gasteiger partial charge in [0.15, 0.2) is 0 Å². The molecule has 0 fully saturated rings. The molecule has 0 aliphatic carbocycles. The fraction of sp³-hybridized carbons (Fsp3) is 0. The zero-order valence-electron chi connectivity index (χ0n) is 14.7. The molecule has 0 radical (unpaired) electrons. The molecule has 1 aromatic heterocycles. The molecule has 4 rings (SSSR count). The molecule has 6 heteroatoms. The Kier molecular flexibility index (Phi) is 4.93. The number of amides is 1. The highest BCUT2D eigenvalue weighted by atomic mass is 35.5. The Labute approximate surface area is 166 Å². The van der Waals surface area contributed by atoms with Crippen molar-refractivity contribution in [2.75, 3.05) is 0 Å². The first kappa shape index (κ1) is 18.0. The summed E-state index contributed by atoms with van der Waals surface area (Å²) in [6.45, 7) is 0. The number of nitrogens with zero attached hydrogens (tertiary/aromatic N) is 2. The van der Waals surface area contributed by atoms with Gasteiger partial charge in [-0.15, -0.1) is 0 Å². The lowest BCUT2D eigenvalue weighted by molar-refractivity contribution is -0.124. The van der Waals surface area contributed by atoms with Crippen molar-refractivity contribution in [3.8, 4) is 17.1 Å². The fourth-order valence-electron chi connectivity index (χ4n) is 3.06. The van der Waals surface area contributed by atoms with Gasteiger partial charge in [-0.3, -0.25) is 14.6 Å². The number of carbonyl (C=O) groups is 1. The first-order chi connectivity index (χ1) is 13.7. The van der Waals surface area contributed by atoms with E-state index in [-0.39, 0.29) is 0 Å². The topological polar surface area (TPSA) is 67.2 Å². The summed E-state index contributed by atoms with van der Waals surface area (Å²) < 4.78 is 2.08. The van der Waals surface area contributed by atoms with Crippen LogP contribution in [0, 0.1) is 0 Å². The number of carbonyl (C=O) groups excluding carboxylic acids is 1. The van der Waals surface area contributed by atoms with Crippen LogP contribution in [0.2, 0.25) is 5.02 Å². The first-order valence-electron chi connectivity index (χ1n) is 8.62. The molecule has 0 aliphatic rings. The molecule has 0 bridgehead atoms. The van der Waals surface area contributed by atoms with Gasteiger partial charge in [-0.2, -0.15) is 0 Å². The Morgan fingerprint density at radius 1 is 1.04 bits per heavy atom. The predicted octanol–water partition coefficient (Wildman–Crippen LogP) is 4.86. The van der Waals surface area contributed by atoms with Crippen molar-refractivity contribution < 1.29 is 10.0 Å². The van der Waals surface area contributed by atoms with Crippen molar-refractivity contribution in [3.63, 3.8) is 0 Å². The van der Waals surface area contributed by atoms with Crippen molar-refractivity contribution in [2.24, 2.45) is 0 Å². The molecule has 0 atom stereocenters. The van der Waals surface area contributed by atoms with Crippen LogP contribution >= 0.6 is 11.6 Å². The lowest BCUT2D eigenvalue weighted by atomic mass is 10.1. The number of benzene rings is 3. The van der Waals surface area contributed by atoms with E-state index in [0.717, 1.165) is 33.7 Å². The maximum atomic E-state index is 11.2. The van der Waals surface area contributed by atoms with Crippen LogP contribution in [0.4, 0.5) is 0 Å². The highest BCUT2D eigenvalue weighted by Crippen LogP contribution is 2.29. The number of fused-ring (bicyclic) bond motifs is 1. The Morgan fingerprint density at radius 2 is 1.82 bits per heavy atom. The lowest BCUT2D eigenvalue weighted by Crippen LogP contribution is -2.14. The highest BCUT2D eigenvalue weighted by molar-refractivity contribution is 6.30. The molecule has 5 nitrogen and oxygen atoms in total. The van der Waals surface area contributed by atoms with E-state index in [1.807, 2.05) is 72.8 Å². The molecule has 0 aliphatic heterocycles. The second-order valence-corrected chi connectivity index (χ2v) is 6.61. The number of rotatable bonds is 4. The third-order valence-electron chi connectivity index (χ3n) is 4.33. The zero-order valence-corrected chi connectivity index (χ0v) is 15.5. The van der Waals surface area contributed by atoms with Gasteiger partial charge < -0.3 is 0 Å². The molecule has 0 unspecified atom stereocenters. The Hall–Kier alpha value is -3.41. The van der Waals surface area contributed by atoms with E-state index in [0.29, 0.717) is 5.02 Å². The van der Waals surface area contributed by atoms with Gasteiger partial charge in [0.25, 0.3) is 5.91 Å². The van der Waals surface area contributed by atoms with Crippen molar-refractivity contribution in [2.45, 2.75) is 0 Å². The standard InChI is InChI=1S/C22H16ClN3O2/c23-17-9-11-18(12-10-17)26-20-7-2-1-6-19(20)24-22(26)16-5-3-4-15(14-16)8-13-21(27)25-28/h1-14,28H,(H,25,27). The average Bonchev–Trinajstić information content (AvgIpc) is 3.12. The van der Waals surface area contributed by atoms with Gasteiger partial charge in [0, 0.05) is 22.3 Å². The van der Waals surface area contributed by atoms with Crippen LogP contribution in [-0.4, -0.2) is 20.7 Å². The zero-order chi connectivity index (χ0) is 19.5. The molecule has 138 valence electrons. The van der Waals surface area contributed by atoms with Crippen LogP contribution in [0.3, 0.4) is 0 Å². The predicted molar refractivity (Wildman–Crippen MR) is 110 cm³/mol. The van der Waals surface area contributed by atoms with Crippen LogP contribution in [0.1, 0.15) is 5.56 Å². The summed E-state index contributed by atoms with van der Waals surface area (Å²) in [5.74, 6) is 0.198. The van der Waals surface area contributed by atoms with Crippen molar-refractivity contribution in [3.05, 3.63) is 89.5 Å². The molecule has 3 aromatic carbocycles. The first-order valence-corrected chi connectivity index (χ1v) is 8.99. The minimum absolute atomic E-state index is 0.584. The molecule has 28 heavy (non-hydrogen) atoms. The van der Waals surface area contributed by atoms with E-state index in [1.54, 1.807) is 11.6 Å². The van der Waals surface area contributed by atoms with E-state index >= 15 is 0 Å². The summed E-state index contributed by atoms with van der Waals surface area (Å²) in [6.07, 6.45) is 2.89. The third-order valence-corrected chi connectivity index (χ3v) is 4.58. The SMILES string of the molecule is O=C(C=Cc1cccc(-c2nc3ccccc3n2-c2ccc(Cl)cc2)c1)NO. The van der Waals surface area contributed by atoms with Crippen LogP contribution < -0.4 is 5.48 Å². The van der Waals surface area contributed by atoms with Crippen LogP contribution in [0.15, 0.2) is 78.9 Å². The normalized spacial score (nSPS) is 11.2. The molecule has 2 N–H and O–H groups in total. The second kappa shape index (κ2) is 7.68. The van der Waals surface area contributed by atoms with Crippen LogP contribution in [0.25, 0.3) is 34.2 Å². The van der Waals surface area contributed by atoms with E-state index in [1.165, 1.54) is 6.08 Å². The summed E-state index contributed by atoms with van der Waals surface area (Å²) in [5, 5.41) is 9.30. The minimum Gasteiger partial charge on any atom is -0.292 e.